The third-order valence-electron chi connectivity index (χ3n) is 4.03. The molecule has 3 aromatic rings. The molecule has 1 heterocycles. The standard InChI is InChI=1S/C19H22S/c1-12(2)13-6-8-15-16-9-7-14(19(3,4)5)11-18(16)20-17(15)10-13/h6-12H,1-5H3. The fourth-order valence-corrected chi connectivity index (χ4v) is 3.81. The number of thiophene rings is 1. The summed E-state index contributed by atoms with van der Waals surface area (Å²) in [6.45, 7) is 11.3. The Labute approximate surface area is 125 Å². The molecule has 0 aliphatic heterocycles. The first-order valence-electron chi connectivity index (χ1n) is 7.33. The van der Waals surface area contributed by atoms with Crippen molar-refractivity contribution in [2.45, 2.75) is 46.0 Å². The number of fused-ring (bicyclic) bond motifs is 3. The fourth-order valence-electron chi connectivity index (χ4n) is 2.62. The van der Waals surface area contributed by atoms with Crippen molar-refractivity contribution in [1.29, 1.82) is 0 Å². The van der Waals surface area contributed by atoms with Crippen LogP contribution >= 0.6 is 11.3 Å². The van der Waals surface area contributed by atoms with Crippen molar-refractivity contribution < 1.29 is 0 Å². The average Bonchev–Trinajstić information content (AvgIpc) is 2.73. The van der Waals surface area contributed by atoms with E-state index in [-0.39, 0.29) is 5.41 Å². The Bertz CT molecular complexity index is 769. The molecule has 1 aromatic heterocycles. The second-order valence-corrected chi connectivity index (χ2v) is 8.06. The van der Waals surface area contributed by atoms with Gasteiger partial charge in [-0.15, -0.1) is 11.3 Å². The summed E-state index contributed by atoms with van der Waals surface area (Å²) in [7, 11) is 0. The van der Waals surface area contributed by atoms with Gasteiger partial charge in [-0.25, -0.2) is 0 Å². The van der Waals surface area contributed by atoms with Gasteiger partial charge in [0.05, 0.1) is 0 Å². The van der Waals surface area contributed by atoms with Gasteiger partial charge in [-0.3, -0.25) is 0 Å². The van der Waals surface area contributed by atoms with Gasteiger partial charge >= 0.3 is 0 Å². The maximum Gasteiger partial charge on any atom is 0.0358 e. The molecular formula is C19H22S. The molecule has 0 aliphatic rings. The first-order chi connectivity index (χ1) is 9.36. The van der Waals surface area contributed by atoms with E-state index in [0.29, 0.717) is 5.92 Å². The summed E-state index contributed by atoms with van der Waals surface area (Å²) in [5, 5.41) is 2.79. The van der Waals surface area contributed by atoms with Crippen LogP contribution in [0, 0.1) is 0 Å². The summed E-state index contributed by atoms with van der Waals surface area (Å²) in [5.74, 6) is 0.592. The van der Waals surface area contributed by atoms with Gasteiger partial charge in [0.1, 0.15) is 0 Å². The highest BCUT2D eigenvalue weighted by atomic mass is 32.1. The Morgan fingerprint density at radius 1 is 0.850 bits per heavy atom. The molecule has 0 amide bonds. The van der Waals surface area contributed by atoms with Gasteiger partial charge in [0, 0.05) is 20.2 Å². The van der Waals surface area contributed by atoms with Crippen LogP contribution < -0.4 is 0 Å². The molecule has 2 aromatic carbocycles. The first kappa shape index (κ1) is 13.6. The normalized spacial score (nSPS) is 12.7. The van der Waals surface area contributed by atoms with E-state index in [0.717, 1.165) is 0 Å². The first-order valence-corrected chi connectivity index (χ1v) is 8.14. The highest BCUT2D eigenvalue weighted by molar-refractivity contribution is 7.25. The van der Waals surface area contributed by atoms with Crippen molar-refractivity contribution in [3.63, 3.8) is 0 Å². The van der Waals surface area contributed by atoms with Gasteiger partial charge in [-0.05, 0) is 34.6 Å². The highest BCUT2D eigenvalue weighted by Crippen LogP contribution is 2.37. The number of hydrogen-bond acceptors (Lipinski definition) is 1. The lowest BCUT2D eigenvalue weighted by atomic mass is 9.87. The van der Waals surface area contributed by atoms with Crippen LogP contribution in [0.2, 0.25) is 0 Å². The molecule has 0 atom stereocenters. The van der Waals surface area contributed by atoms with Crippen LogP contribution in [-0.2, 0) is 5.41 Å². The van der Waals surface area contributed by atoms with Crippen LogP contribution in [0.4, 0.5) is 0 Å². The number of benzene rings is 2. The second kappa shape index (κ2) is 4.60. The topological polar surface area (TPSA) is 0 Å². The molecule has 1 heteroatoms. The summed E-state index contributed by atoms with van der Waals surface area (Å²) in [6, 6.07) is 13.9. The van der Waals surface area contributed by atoms with Crippen molar-refractivity contribution in [2.24, 2.45) is 0 Å². The molecule has 0 fully saturated rings. The fraction of sp³-hybridized carbons (Fsp3) is 0.368. The van der Waals surface area contributed by atoms with E-state index in [2.05, 4.69) is 71.0 Å². The highest BCUT2D eigenvalue weighted by Gasteiger charge is 2.15. The summed E-state index contributed by atoms with van der Waals surface area (Å²) >= 11 is 1.92. The molecular weight excluding hydrogens is 260 g/mol. The van der Waals surface area contributed by atoms with Crippen LogP contribution in [-0.4, -0.2) is 0 Å². The minimum atomic E-state index is 0.216. The zero-order chi connectivity index (χ0) is 14.5. The Balaban J connectivity index is 2.25. The van der Waals surface area contributed by atoms with Crippen LogP contribution in [0.25, 0.3) is 20.2 Å². The van der Waals surface area contributed by atoms with E-state index in [1.807, 2.05) is 11.3 Å². The second-order valence-electron chi connectivity index (χ2n) is 6.97. The molecule has 0 N–H and O–H groups in total. The lowest BCUT2D eigenvalue weighted by Gasteiger charge is -2.18. The molecule has 0 nitrogen and oxygen atoms in total. The Morgan fingerprint density at radius 2 is 1.45 bits per heavy atom. The van der Waals surface area contributed by atoms with Crippen molar-refractivity contribution in [1.82, 2.24) is 0 Å². The van der Waals surface area contributed by atoms with Gasteiger partial charge in [-0.2, -0.15) is 0 Å². The van der Waals surface area contributed by atoms with Crippen LogP contribution in [0.1, 0.15) is 51.7 Å². The van der Waals surface area contributed by atoms with Gasteiger partial charge < -0.3 is 0 Å². The third-order valence-corrected chi connectivity index (χ3v) is 5.15. The predicted molar refractivity (Wildman–Crippen MR) is 92.1 cm³/mol. The van der Waals surface area contributed by atoms with Gasteiger partial charge in [0.25, 0.3) is 0 Å². The van der Waals surface area contributed by atoms with E-state index in [4.69, 9.17) is 0 Å². The van der Waals surface area contributed by atoms with E-state index in [9.17, 15) is 0 Å². The predicted octanol–water partition coefficient (Wildman–Crippen LogP) is 6.48. The smallest absolute Gasteiger partial charge is 0.0358 e. The third kappa shape index (κ3) is 2.25. The van der Waals surface area contributed by atoms with E-state index < -0.39 is 0 Å². The lowest BCUT2D eigenvalue weighted by Crippen LogP contribution is -2.10. The maximum atomic E-state index is 2.37. The molecule has 0 bridgehead atoms. The van der Waals surface area contributed by atoms with Crippen LogP contribution in [0.3, 0.4) is 0 Å². The van der Waals surface area contributed by atoms with Crippen molar-refractivity contribution in [3.05, 3.63) is 47.5 Å². The average molecular weight is 282 g/mol. The molecule has 0 radical (unpaired) electrons. The minimum absolute atomic E-state index is 0.216. The largest absolute Gasteiger partial charge is 0.135 e. The van der Waals surface area contributed by atoms with E-state index in [1.165, 1.54) is 31.3 Å². The number of hydrogen-bond donors (Lipinski definition) is 0. The monoisotopic (exact) mass is 282 g/mol. The van der Waals surface area contributed by atoms with Crippen molar-refractivity contribution >= 4 is 31.5 Å². The van der Waals surface area contributed by atoms with E-state index >= 15 is 0 Å². The van der Waals surface area contributed by atoms with Gasteiger partial charge in [-0.1, -0.05) is 58.9 Å². The minimum Gasteiger partial charge on any atom is -0.135 e. The molecule has 0 aliphatic carbocycles. The zero-order valence-corrected chi connectivity index (χ0v) is 13.8. The van der Waals surface area contributed by atoms with Crippen molar-refractivity contribution in [2.75, 3.05) is 0 Å². The lowest BCUT2D eigenvalue weighted by molar-refractivity contribution is 0.591. The molecule has 0 saturated heterocycles. The molecule has 0 unspecified atom stereocenters. The SMILES string of the molecule is CC(C)c1ccc2c(c1)sc1cc(C(C)(C)C)ccc12. The molecule has 0 saturated carbocycles. The molecule has 3 rings (SSSR count). The Kier molecular flexibility index (Phi) is 3.13. The Hall–Kier alpha value is -1.34. The summed E-state index contributed by atoms with van der Waals surface area (Å²) in [5.41, 5.74) is 3.06. The van der Waals surface area contributed by atoms with Gasteiger partial charge in [0.2, 0.25) is 0 Å². The van der Waals surface area contributed by atoms with Crippen molar-refractivity contribution in [3.8, 4) is 0 Å². The quantitative estimate of drug-likeness (QED) is 0.479. The summed E-state index contributed by atoms with van der Waals surface area (Å²) in [4.78, 5) is 0. The van der Waals surface area contributed by atoms with E-state index in [1.54, 1.807) is 0 Å². The van der Waals surface area contributed by atoms with Crippen LogP contribution in [0.5, 0.6) is 0 Å². The summed E-state index contributed by atoms with van der Waals surface area (Å²) < 4.78 is 2.82. The molecule has 0 spiro atoms. The van der Waals surface area contributed by atoms with Crippen LogP contribution in [0.15, 0.2) is 36.4 Å². The zero-order valence-electron chi connectivity index (χ0n) is 12.9. The Morgan fingerprint density at radius 3 is 2.05 bits per heavy atom. The maximum absolute atomic E-state index is 2.37. The molecule has 20 heavy (non-hydrogen) atoms. The number of rotatable bonds is 1. The van der Waals surface area contributed by atoms with Gasteiger partial charge in [0.15, 0.2) is 0 Å². The summed E-state index contributed by atoms with van der Waals surface area (Å²) in [6.07, 6.45) is 0. The molecule has 104 valence electrons.